The summed E-state index contributed by atoms with van der Waals surface area (Å²) >= 11 is 0. The first-order chi connectivity index (χ1) is 11.7. The molecule has 2 aliphatic rings. The molecule has 0 radical (unpaired) electrons. The second-order valence-electron chi connectivity index (χ2n) is 7.93. The van der Waals surface area contributed by atoms with E-state index in [0.717, 1.165) is 17.8 Å². The summed E-state index contributed by atoms with van der Waals surface area (Å²) in [5, 5.41) is 18.9. The summed E-state index contributed by atoms with van der Waals surface area (Å²) in [7, 11) is 0. The van der Waals surface area contributed by atoms with Gasteiger partial charge in [-0.3, -0.25) is 0 Å². The van der Waals surface area contributed by atoms with Crippen molar-refractivity contribution < 1.29 is 14.9 Å². The molecule has 0 atom stereocenters. The van der Waals surface area contributed by atoms with E-state index in [9.17, 15) is 5.11 Å². The van der Waals surface area contributed by atoms with Gasteiger partial charge in [0.25, 0.3) is 0 Å². The van der Waals surface area contributed by atoms with Crippen molar-refractivity contribution in [1.29, 1.82) is 0 Å². The highest BCUT2D eigenvalue weighted by Gasteiger charge is 2.30. The molecule has 1 aromatic carbocycles. The third kappa shape index (κ3) is 4.24. The zero-order valence-electron chi connectivity index (χ0n) is 14.9. The summed E-state index contributed by atoms with van der Waals surface area (Å²) < 4.78 is 5.33. The molecular weight excluding hydrogens is 300 g/mol. The Balaban J connectivity index is 1.53. The number of hydrogen-bond donors (Lipinski definition) is 2. The molecule has 3 heteroatoms. The fourth-order valence-electron chi connectivity index (χ4n) is 4.75. The third-order valence-electron chi connectivity index (χ3n) is 6.30. The van der Waals surface area contributed by atoms with Crippen LogP contribution in [0.1, 0.15) is 69.8 Å². The molecule has 0 unspecified atom stereocenters. The first-order valence-corrected chi connectivity index (χ1v) is 9.74. The van der Waals surface area contributed by atoms with Crippen LogP contribution in [-0.4, -0.2) is 23.4 Å². The lowest BCUT2D eigenvalue weighted by atomic mass is 9.68. The molecule has 3 nitrogen and oxygen atoms in total. The fourth-order valence-corrected chi connectivity index (χ4v) is 4.75. The summed E-state index contributed by atoms with van der Waals surface area (Å²) in [5.74, 6) is 4.06. The zero-order valence-corrected chi connectivity index (χ0v) is 14.9. The van der Waals surface area contributed by atoms with Crippen LogP contribution in [0.5, 0.6) is 11.5 Å². The van der Waals surface area contributed by atoms with Crippen molar-refractivity contribution in [2.45, 2.75) is 64.2 Å². The lowest BCUT2D eigenvalue weighted by molar-refractivity contribution is 0.165. The first kappa shape index (κ1) is 17.6. The maximum Gasteiger partial charge on any atom is 0.161 e. The number of benzene rings is 1. The molecule has 1 aromatic rings. The average molecular weight is 332 g/mol. The van der Waals surface area contributed by atoms with E-state index in [4.69, 9.17) is 9.84 Å². The normalized spacial score (nSPS) is 30.9. The maximum absolute atomic E-state index is 10.1. The van der Waals surface area contributed by atoms with Gasteiger partial charge in [0.1, 0.15) is 6.61 Å². The van der Waals surface area contributed by atoms with E-state index in [1.54, 1.807) is 0 Å². The zero-order chi connectivity index (χ0) is 16.9. The Morgan fingerprint density at radius 3 is 2.17 bits per heavy atom. The Bertz CT molecular complexity index is 512. The van der Waals surface area contributed by atoms with Gasteiger partial charge in [-0.25, -0.2) is 0 Å². The molecule has 2 aliphatic carbocycles. The molecule has 0 aliphatic heterocycles. The van der Waals surface area contributed by atoms with Crippen LogP contribution in [0.15, 0.2) is 18.2 Å². The van der Waals surface area contributed by atoms with E-state index in [1.807, 2.05) is 12.1 Å². The number of hydrogen-bond acceptors (Lipinski definition) is 3. The smallest absolute Gasteiger partial charge is 0.161 e. The van der Waals surface area contributed by atoms with E-state index >= 15 is 0 Å². The lowest BCUT2D eigenvalue weighted by Crippen LogP contribution is -2.24. The highest BCUT2D eigenvalue weighted by molar-refractivity contribution is 5.43. The van der Waals surface area contributed by atoms with Crippen LogP contribution < -0.4 is 4.74 Å². The minimum atomic E-state index is -0.0366. The van der Waals surface area contributed by atoms with E-state index in [2.05, 4.69) is 13.0 Å². The summed E-state index contributed by atoms with van der Waals surface area (Å²) in [5.41, 5.74) is 1.24. The molecule has 0 amide bonds. The van der Waals surface area contributed by atoms with Crippen LogP contribution in [-0.2, 0) is 0 Å². The van der Waals surface area contributed by atoms with Crippen molar-refractivity contribution in [1.82, 2.24) is 0 Å². The molecule has 134 valence electrons. The molecular formula is C21H32O3. The van der Waals surface area contributed by atoms with Crippen molar-refractivity contribution in [3.63, 3.8) is 0 Å². The Hall–Kier alpha value is -1.22. The van der Waals surface area contributed by atoms with Gasteiger partial charge in [-0.05, 0) is 79.9 Å². The minimum absolute atomic E-state index is 0.0366. The van der Waals surface area contributed by atoms with Gasteiger partial charge in [-0.1, -0.05) is 25.8 Å². The second-order valence-corrected chi connectivity index (χ2v) is 7.93. The molecule has 0 aromatic heterocycles. The number of aliphatic hydroxyl groups is 1. The molecule has 2 N–H and O–H groups in total. The van der Waals surface area contributed by atoms with Crippen LogP contribution in [0.2, 0.25) is 0 Å². The summed E-state index contributed by atoms with van der Waals surface area (Å²) in [6.07, 6.45) is 10.9. The van der Waals surface area contributed by atoms with Crippen molar-refractivity contribution in [3.05, 3.63) is 23.8 Å². The average Bonchev–Trinajstić information content (AvgIpc) is 2.61. The quantitative estimate of drug-likeness (QED) is 0.809. The predicted molar refractivity (Wildman–Crippen MR) is 96.5 cm³/mol. The van der Waals surface area contributed by atoms with Crippen LogP contribution in [0.3, 0.4) is 0 Å². The van der Waals surface area contributed by atoms with E-state index in [0.29, 0.717) is 11.7 Å². The first-order valence-electron chi connectivity index (χ1n) is 9.74. The van der Waals surface area contributed by atoms with Crippen molar-refractivity contribution in [2.24, 2.45) is 17.8 Å². The standard InChI is InChI=1S/C21H32O3/c1-15-2-4-16(5-3-15)17-6-8-18(9-7-17)19-10-11-21(20(23)14-19)24-13-12-22/h10-11,14-18,22-23H,2-9,12-13H2,1H3. The fraction of sp³-hybridized carbons (Fsp3) is 0.714. The number of phenols is 1. The highest BCUT2D eigenvalue weighted by Crippen LogP contribution is 2.44. The summed E-state index contributed by atoms with van der Waals surface area (Å²) in [6, 6.07) is 5.79. The van der Waals surface area contributed by atoms with Gasteiger partial charge < -0.3 is 14.9 Å². The van der Waals surface area contributed by atoms with E-state index in [-0.39, 0.29) is 19.0 Å². The molecule has 24 heavy (non-hydrogen) atoms. The Morgan fingerprint density at radius 1 is 0.958 bits per heavy atom. The van der Waals surface area contributed by atoms with Crippen LogP contribution in [0.25, 0.3) is 0 Å². The lowest BCUT2D eigenvalue weighted by Gasteiger charge is -2.37. The van der Waals surface area contributed by atoms with Gasteiger partial charge in [-0.2, -0.15) is 0 Å². The highest BCUT2D eigenvalue weighted by atomic mass is 16.5. The number of aromatic hydroxyl groups is 1. The number of aliphatic hydroxyl groups excluding tert-OH is 1. The Morgan fingerprint density at radius 2 is 1.58 bits per heavy atom. The van der Waals surface area contributed by atoms with E-state index < -0.39 is 0 Å². The molecule has 2 saturated carbocycles. The van der Waals surface area contributed by atoms with Crippen LogP contribution in [0, 0.1) is 17.8 Å². The monoisotopic (exact) mass is 332 g/mol. The summed E-state index contributed by atoms with van der Waals surface area (Å²) in [4.78, 5) is 0. The van der Waals surface area contributed by atoms with Crippen LogP contribution >= 0.6 is 0 Å². The van der Waals surface area contributed by atoms with E-state index in [1.165, 1.54) is 56.9 Å². The van der Waals surface area contributed by atoms with Gasteiger partial charge in [-0.15, -0.1) is 0 Å². The van der Waals surface area contributed by atoms with Gasteiger partial charge in [0.05, 0.1) is 6.61 Å². The number of ether oxygens (including phenoxy) is 1. The predicted octanol–water partition coefficient (Wildman–Crippen LogP) is 4.86. The molecule has 0 bridgehead atoms. The maximum atomic E-state index is 10.1. The van der Waals surface area contributed by atoms with Crippen LogP contribution in [0.4, 0.5) is 0 Å². The Kier molecular flexibility index (Phi) is 6.04. The summed E-state index contributed by atoms with van der Waals surface area (Å²) in [6.45, 7) is 2.58. The third-order valence-corrected chi connectivity index (χ3v) is 6.30. The SMILES string of the molecule is CC1CCC(C2CCC(c3ccc(OCCO)c(O)c3)CC2)CC1. The van der Waals surface area contributed by atoms with Gasteiger partial charge in [0.15, 0.2) is 11.5 Å². The molecule has 0 spiro atoms. The van der Waals surface area contributed by atoms with Gasteiger partial charge in [0.2, 0.25) is 0 Å². The minimum Gasteiger partial charge on any atom is -0.504 e. The topological polar surface area (TPSA) is 49.7 Å². The largest absolute Gasteiger partial charge is 0.504 e. The van der Waals surface area contributed by atoms with Crippen molar-refractivity contribution >= 4 is 0 Å². The Labute approximate surface area is 146 Å². The molecule has 2 fully saturated rings. The second kappa shape index (κ2) is 8.24. The molecule has 0 heterocycles. The molecule has 3 rings (SSSR count). The van der Waals surface area contributed by atoms with Crippen molar-refractivity contribution in [2.75, 3.05) is 13.2 Å². The van der Waals surface area contributed by atoms with Crippen molar-refractivity contribution in [3.8, 4) is 11.5 Å². The number of phenolic OH excluding ortho intramolecular Hbond substituents is 1. The number of rotatable bonds is 5. The van der Waals surface area contributed by atoms with Gasteiger partial charge in [0, 0.05) is 0 Å². The van der Waals surface area contributed by atoms with Gasteiger partial charge >= 0.3 is 0 Å². The molecule has 0 saturated heterocycles.